The lowest BCUT2D eigenvalue weighted by atomic mass is 10.0. The molecule has 0 N–H and O–H groups in total. The molecule has 0 saturated carbocycles. The number of phosphoric ester groups is 1. The Morgan fingerprint density at radius 2 is 0.866 bits per heavy atom. The van der Waals surface area contributed by atoms with Gasteiger partial charge in [0.25, 0.3) is 7.82 Å². The summed E-state index contributed by atoms with van der Waals surface area (Å²) < 4.78 is 34.8. The van der Waals surface area contributed by atoms with Gasteiger partial charge in [-0.15, -0.1) is 0 Å². The van der Waals surface area contributed by atoms with Crippen molar-refractivity contribution in [1.29, 1.82) is 0 Å². The Balaban J connectivity index is 4.11. The van der Waals surface area contributed by atoms with Crippen LogP contribution in [0.1, 0.15) is 232 Å². The summed E-state index contributed by atoms with van der Waals surface area (Å²) in [6.45, 7) is 5.28. The number of esters is 1. The van der Waals surface area contributed by atoms with Crippen molar-refractivity contribution in [3.05, 3.63) is 72.9 Å². The van der Waals surface area contributed by atoms with Crippen LogP contribution in [0, 0.1) is 0 Å². The molecule has 67 heavy (non-hydrogen) atoms. The minimum atomic E-state index is -4.54. The molecule has 0 bridgehead atoms. The predicted molar refractivity (Wildman–Crippen MR) is 286 cm³/mol. The van der Waals surface area contributed by atoms with Crippen LogP contribution < -0.4 is 4.89 Å². The number of rotatable bonds is 51. The molecular formula is C58H106NO7P. The number of hydrogen-bond donors (Lipinski definition) is 0. The van der Waals surface area contributed by atoms with Crippen LogP contribution in [-0.2, 0) is 27.9 Å². The van der Waals surface area contributed by atoms with Crippen LogP contribution in [0.4, 0.5) is 0 Å². The summed E-state index contributed by atoms with van der Waals surface area (Å²) in [5, 5.41) is 0. The lowest BCUT2D eigenvalue weighted by molar-refractivity contribution is -0.870. The average molecular weight is 960 g/mol. The maximum atomic E-state index is 12.8. The summed E-state index contributed by atoms with van der Waals surface area (Å²) in [5.41, 5.74) is 0. The first-order valence-electron chi connectivity index (χ1n) is 27.7. The molecule has 0 spiro atoms. The third-order valence-electron chi connectivity index (χ3n) is 11.7. The monoisotopic (exact) mass is 960 g/mol. The first-order valence-corrected chi connectivity index (χ1v) is 29.1. The molecule has 0 radical (unpaired) electrons. The molecule has 0 aromatic rings. The number of quaternary nitrogens is 1. The number of likely N-dealkylation sites (N-methyl/N-ethyl adjacent to an activating group) is 1. The fourth-order valence-electron chi connectivity index (χ4n) is 7.51. The van der Waals surface area contributed by atoms with E-state index in [1.807, 2.05) is 21.1 Å². The smallest absolute Gasteiger partial charge is 0.306 e. The number of nitrogens with zero attached hydrogens (tertiary/aromatic N) is 1. The highest BCUT2D eigenvalue weighted by atomic mass is 31.2. The van der Waals surface area contributed by atoms with Crippen molar-refractivity contribution < 1.29 is 37.3 Å². The largest absolute Gasteiger partial charge is 0.756 e. The quantitative estimate of drug-likeness (QED) is 0.0197. The maximum Gasteiger partial charge on any atom is 0.306 e. The Labute approximate surface area is 414 Å². The molecular weight excluding hydrogens is 854 g/mol. The van der Waals surface area contributed by atoms with Gasteiger partial charge in [-0.2, -0.15) is 0 Å². The number of unbranched alkanes of at least 4 members (excludes halogenated alkanes) is 25. The molecule has 0 aliphatic carbocycles. The van der Waals surface area contributed by atoms with E-state index in [-0.39, 0.29) is 25.8 Å². The van der Waals surface area contributed by atoms with Gasteiger partial charge in [0.15, 0.2) is 0 Å². The molecule has 0 fully saturated rings. The van der Waals surface area contributed by atoms with E-state index in [0.717, 1.165) is 77.0 Å². The maximum absolute atomic E-state index is 12.8. The van der Waals surface area contributed by atoms with Gasteiger partial charge >= 0.3 is 5.97 Å². The molecule has 0 aromatic carbocycles. The topological polar surface area (TPSA) is 94.1 Å². The third-order valence-corrected chi connectivity index (χ3v) is 12.7. The third kappa shape index (κ3) is 54.7. The van der Waals surface area contributed by atoms with Crippen molar-refractivity contribution in [2.75, 3.05) is 54.1 Å². The van der Waals surface area contributed by atoms with E-state index in [1.54, 1.807) is 0 Å². The molecule has 0 aliphatic rings. The van der Waals surface area contributed by atoms with E-state index in [4.69, 9.17) is 18.5 Å². The zero-order valence-electron chi connectivity index (χ0n) is 44.3. The Morgan fingerprint density at radius 3 is 1.30 bits per heavy atom. The van der Waals surface area contributed by atoms with Crippen LogP contribution in [0.25, 0.3) is 0 Å². The molecule has 390 valence electrons. The van der Waals surface area contributed by atoms with Gasteiger partial charge in [-0.25, -0.2) is 0 Å². The fourth-order valence-corrected chi connectivity index (χ4v) is 8.24. The molecule has 0 amide bonds. The summed E-state index contributed by atoms with van der Waals surface area (Å²) >= 11 is 0. The molecule has 2 unspecified atom stereocenters. The van der Waals surface area contributed by atoms with Gasteiger partial charge in [-0.3, -0.25) is 9.36 Å². The summed E-state index contributed by atoms with van der Waals surface area (Å²) in [6, 6.07) is 0. The van der Waals surface area contributed by atoms with Gasteiger partial charge in [0.1, 0.15) is 19.3 Å². The highest BCUT2D eigenvalue weighted by molar-refractivity contribution is 7.45. The van der Waals surface area contributed by atoms with Crippen molar-refractivity contribution in [3.8, 4) is 0 Å². The minimum absolute atomic E-state index is 0.0209. The molecule has 0 rings (SSSR count). The number of hydrogen-bond acceptors (Lipinski definition) is 7. The normalized spacial score (nSPS) is 14.1. The molecule has 0 aliphatic heterocycles. The van der Waals surface area contributed by atoms with E-state index in [2.05, 4.69) is 86.8 Å². The van der Waals surface area contributed by atoms with Crippen LogP contribution in [0.5, 0.6) is 0 Å². The second-order valence-corrected chi connectivity index (χ2v) is 21.0. The molecule has 9 heteroatoms. The standard InChI is InChI=1S/C58H106NO7P/c1-6-8-10-12-14-16-18-20-22-24-26-28-29-30-31-32-33-35-37-39-41-43-45-47-49-51-58(60)66-57(56-65-67(61,62)64-54-52-59(3,4)5)55-63-53-50-48-46-44-42-40-38-36-34-27-25-23-21-19-17-15-13-11-9-7-2/h9,11,15,17-18,20-21,23-24,26-27,34,57H,6-8,10,12-14,16,19,22,25,28-33,35-56H2,1-5H3/b11-9-,17-15-,20-18-,23-21-,26-24-,34-27-. The van der Waals surface area contributed by atoms with Crippen LogP contribution >= 0.6 is 7.82 Å². The van der Waals surface area contributed by atoms with Crippen molar-refractivity contribution in [2.24, 2.45) is 0 Å². The number of phosphoric acid groups is 1. The summed E-state index contributed by atoms with van der Waals surface area (Å²) in [4.78, 5) is 25.2. The summed E-state index contributed by atoms with van der Waals surface area (Å²) in [7, 11) is 1.34. The van der Waals surface area contributed by atoms with E-state index < -0.39 is 13.9 Å². The van der Waals surface area contributed by atoms with Gasteiger partial charge in [-0.1, -0.05) is 215 Å². The Kier molecular flexibility index (Phi) is 48.8. The molecule has 0 saturated heterocycles. The van der Waals surface area contributed by atoms with E-state index in [0.29, 0.717) is 24.1 Å². The van der Waals surface area contributed by atoms with Gasteiger partial charge in [0.05, 0.1) is 34.4 Å². The lowest BCUT2D eigenvalue weighted by Crippen LogP contribution is -2.37. The molecule has 0 heterocycles. The average Bonchev–Trinajstić information content (AvgIpc) is 3.29. The van der Waals surface area contributed by atoms with Crippen molar-refractivity contribution in [2.45, 2.75) is 238 Å². The number of carbonyl (C=O) groups excluding carboxylic acids is 1. The predicted octanol–water partition coefficient (Wildman–Crippen LogP) is 16.8. The Morgan fingerprint density at radius 1 is 0.478 bits per heavy atom. The van der Waals surface area contributed by atoms with Crippen LogP contribution in [0.3, 0.4) is 0 Å². The second kappa shape index (κ2) is 50.3. The first kappa shape index (κ1) is 64.9. The number of carbonyl (C=O) groups is 1. The van der Waals surface area contributed by atoms with Crippen molar-refractivity contribution in [1.82, 2.24) is 0 Å². The molecule has 2 atom stereocenters. The van der Waals surface area contributed by atoms with Gasteiger partial charge in [0.2, 0.25) is 0 Å². The first-order chi connectivity index (χ1) is 32.6. The van der Waals surface area contributed by atoms with Crippen molar-refractivity contribution >= 4 is 13.8 Å². The van der Waals surface area contributed by atoms with E-state index >= 15 is 0 Å². The summed E-state index contributed by atoms with van der Waals surface area (Å²) in [6.07, 6.45) is 66.5. The second-order valence-electron chi connectivity index (χ2n) is 19.6. The SMILES string of the molecule is CC/C=C\C/C=C\C/C=C\C/C=C\CCCCCCCCCOCC(COP(=O)([O-])OCC[N+](C)(C)C)OC(=O)CCCCCCCCCCCCCCC/C=C\C/C=C\CCCCCCC. The number of ether oxygens (including phenoxy) is 2. The Bertz CT molecular complexity index is 1300. The highest BCUT2D eigenvalue weighted by Crippen LogP contribution is 2.38. The van der Waals surface area contributed by atoms with E-state index in [9.17, 15) is 14.3 Å². The molecule has 8 nitrogen and oxygen atoms in total. The van der Waals surface area contributed by atoms with Crippen molar-refractivity contribution in [3.63, 3.8) is 0 Å². The number of allylic oxidation sites excluding steroid dienone is 12. The summed E-state index contributed by atoms with van der Waals surface area (Å²) in [5.74, 6) is -0.339. The van der Waals surface area contributed by atoms with Crippen LogP contribution in [0.2, 0.25) is 0 Å². The van der Waals surface area contributed by atoms with E-state index in [1.165, 1.54) is 135 Å². The van der Waals surface area contributed by atoms with Gasteiger partial charge in [-0.05, 0) is 83.5 Å². The lowest BCUT2D eigenvalue weighted by Gasteiger charge is -2.28. The zero-order valence-corrected chi connectivity index (χ0v) is 45.2. The minimum Gasteiger partial charge on any atom is -0.756 e. The van der Waals surface area contributed by atoms with Crippen LogP contribution in [-0.4, -0.2) is 70.7 Å². The molecule has 0 aromatic heterocycles. The highest BCUT2D eigenvalue weighted by Gasteiger charge is 2.20. The van der Waals surface area contributed by atoms with Gasteiger partial charge in [0, 0.05) is 13.0 Å². The van der Waals surface area contributed by atoms with Crippen LogP contribution in [0.15, 0.2) is 72.9 Å². The van der Waals surface area contributed by atoms with Gasteiger partial charge < -0.3 is 27.9 Å². The zero-order chi connectivity index (χ0) is 49.0. The fraction of sp³-hybridized carbons (Fsp3) is 0.776. The Hall–Kier alpha value is -2.06.